The van der Waals surface area contributed by atoms with Crippen molar-refractivity contribution in [2.75, 3.05) is 10.6 Å². The highest BCUT2D eigenvalue weighted by atomic mass is 35.5. The second kappa shape index (κ2) is 7.43. The van der Waals surface area contributed by atoms with Crippen LogP contribution in [0.15, 0.2) is 60.9 Å². The Balaban J connectivity index is 1.79. The SMILES string of the molecule is N#Cc1ccccc1Nc1cc(C(=O)Nc2cccc(Cl)c2)ncn1. The minimum Gasteiger partial charge on any atom is -0.339 e. The minimum absolute atomic E-state index is 0.187. The zero-order valence-corrected chi connectivity index (χ0v) is 13.7. The average Bonchev–Trinajstić information content (AvgIpc) is 2.62. The molecule has 0 fully saturated rings. The summed E-state index contributed by atoms with van der Waals surface area (Å²) >= 11 is 5.91. The number of para-hydroxylation sites is 1. The van der Waals surface area contributed by atoms with Crippen molar-refractivity contribution in [2.24, 2.45) is 0 Å². The molecule has 0 aliphatic carbocycles. The van der Waals surface area contributed by atoms with Crippen LogP contribution in [0.1, 0.15) is 16.1 Å². The Kier molecular flexibility index (Phi) is 4.88. The van der Waals surface area contributed by atoms with E-state index >= 15 is 0 Å². The molecule has 0 spiro atoms. The summed E-state index contributed by atoms with van der Waals surface area (Å²) < 4.78 is 0. The second-order valence-corrected chi connectivity index (χ2v) is 5.47. The van der Waals surface area contributed by atoms with Crippen LogP contribution in [0.3, 0.4) is 0 Å². The number of amides is 1. The predicted octanol–water partition coefficient (Wildman–Crippen LogP) is 4.00. The van der Waals surface area contributed by atoms with Crippen LogP contribution in [0.2, 0.25) is 5.02 Å². The molecule has 1 aromatic heterocycles. The fourth-order valence-corrected chi connectivity index (χ4v) is 2.33. The molecule has 6 nitrogen and oxygen atoms in total. The van der Waals surface area contributed by atoms with Gasteiger partial charge in [0.25, 0.3) is 5.91 Å². The highest BCUT2D eigenvalue weighted by Crippen LogP contribution is 2.19. The van der Waals surface area contributed by atoms with Gasteiger partial charge in [-0.1, -0.05) is 29.8 Å². The van der Waals surface area contributed by atoms with Gasteiger partial charge in [0.2, 0.25) is 0 Å². The van der Waals surface area contributed by atoms with Crippen LogP contribution >= 0.6 is 11.6 Å². The first-order chi connectivity index (χ1) is 12.2. The van der Waals surface area contributed by atoms with Crippen molar-refractivity contribution in [3.8, 4) is 6.07 Å². The molecule has 0 unspecified atom stereocenters. The second-order valence-electron chi connectivity index (χ2n) is 5.04. The van der Waals surface area contributed by atoms with Crippen LogP contribution in [-0.2, 0) is 0 Å². The molecule has 0 saturated heterocycles. The van der Waals surface area contributed by atoms with Gasteiger partial charge in [0.1, 0.15) is 23.9 Å². The number of hydrogen-bond acceptors (Lipinski definition) is 5. The summed E-state index contributed by atoms with van der Waals surface area (Å²) in [5.74, 6) is 0.0234. The van der Waals surface area contributed by atoms with E-state index in [-0.39, 0.29) is 11.6 Å². The van der Waals surface area contributed by atoms with Gasteiger partial charge in [-0.05, 0) is 30.3 Å². The molecule has 122 valence electrons. The number of carbonyl (C=O) groups excluding carboxylic acids is 1. The van der Waals surface area contributed by atoms with Crippen LogP contribution < -0.4 is 10.6 Å². The van der Waals surface area contributed by atoms with E-state index in [1.807, 2.05) is 0 Å². The third kappa shape index (κ3) is 4.10. The van der Waals surface area contributed by atoms with E-state index in [0.29, 0.717) is 27.8 Å². The molecule has 2 N–H and O–H groups in total. The van der Waals surface area contributed by atoms with Crippen molar-refractivity contribution in [2.45, 2.75) is 0 Å². The van der Waals surface area contributed by atoms with E-state index in [0.717, 1.165) is 0 Å². The molecule has 0 atom stereocenters. The van der Waals surface area contributed by atoms with Gasteiger partial charge < -0.3 is 10.6 Å². The lowest BCUT2D eigenvalue weighted by molar-refractivity contribution is 0.102. The monoisotopic (exact) mass is 349 g/mol. The van der Waals surface area contributed by atoms with Crippen molar-refractivity contribution in [1.29, 1.82) is 5.26 Å². The standard InChI is InChI=1S/C18H12ClN5O/c19-13-5-3-6-14(8-13)23-18(25)16-9-17(22-11-21-16)24-15-7-2-1-4-12(15)10-20/h1-9,11H,(H,23,25)(H,21,22,24). The summed E-state index contributed by atoms with van der Waals surface area (Å²) in [5.41, 5.74) is 1.84. The molecule has 3 aromatic rings. The van der Waals surface area contributed by atoms with E-state index in [1.165, 1.54) is 12.4 Å². The molecular formula is C18H12ClN5O. The van der Waals surface area contributed by atoms with Gasteiger partial charge in [-0.3, -0.25) is 4.79 Å². The molecule has 7 heteroatoms. The maximum Gasteiger partial charge on any atom is 0.274 e. The number of carbonyl (C=O) groups is 1. The Labute approximate surface area is 149 Å². The molecule has 25 heavy (non-hydrogen) atoms. The maximum absolute atomic E-state index is 12.3. The number of rotatable bonds is 4. The lowest BCUT2D eigenvalue weighted by Crippen LogP contribution is -2.14. The summed E-state index contributed by atoms with van der Waals surface area (Å²) in [6.07, 6.45) is 1.28. The van der Waals surface area contributed by atoms with Crippen molar-refractivity contribution < 1.29 is 4.79 Å². The quantitative estimate of drug-likeness (QED) is 0.743. The number of aromatic nitrogens is 2. The number of hydrogen-bond donors (Lipinski definition) is 2. The Morgan fingerprint density at radius 1 is 1.08 bits per heavy atom. The Morgan fingerprint density at radius 2 is 1.92 bits per heavy atom. The van der Waals surface area contributed by atoms with Gasteiger partial charge in [-0.2, -0.15) is 5.26 Å². The van der Waals surface area contributed by atoms with Crippen LogP contribution in [0.5, 0.6) is 0 Å². The molecule has 3 rings (SSSR count). The molecule has 0 radical (unpaired) electrons. The van der Waals surface area contributed by atoms with Crippen LogP contribution in [0.4, 0.5) is 17.2 Å². The third-order valence-electron chi connectivity index (χ3n) is 3.29. The summed E-state index contributed by atoms with van der Waals surface area (Å²) in [6.45, 7) is 0. The number of nitrogens with one attached hydrogen (secondary N) is 2. The molecular weight excluding hydrogens is 338 g/mol. The number of benzene rings is 2. The highest BCUT2D eigenvalue weighted by Gasteiger charge is 2.10. The summed E-state index contributed by atoms with van der Waals surface area (Å²) in [7, 11) is 0. The van der Waals surface area contributed by atoms with Gasteiger partial charge in [0.05, 0.1) is 11.3 Å². The zero-order chi connectivity index (χ0) is 17.6. The van der Waals surface area contributed by atoms with E-state index in [2.05, 4.69) is 26.7 Å². The first-order valence-electron chi connectivity index (χ1n) is 7.31. The summed E-state index contributed by atoms with van der Waals surface area (Å²) in [4.78, 5) is 20.4. The van der Waals surface area contributed by atoms with Gasteiger partial charge >= 0.3 is 0 Å². The topological polar surface area (TPSA) is 90.7 Å². The van der Waals surface area contributed by atoms with Crippen molar-refractivity contribution in [3.63, 3.8) is 0 Å². The highest BCUT2D eigenvalue weighted by molar-refractivity contribution is 6.30. The average molecular weight is 350 g/mol. The minimum atomic E-state index is -0.388. The molecule has 2 aromatic carbocycles. The zero-order valence-electron chi connectivity index (χ0n) is 12.9. The lowest BCUT2D eigenvalue weighted by Gasteiger charge is -2.09. The van der Waals surface area contributed by atoms with Crippen LogP contribution in [-0.4, -0.2) is 15.9 Å². The number of nitriles is 1. The molecule has 0 aliphatic heterocycles. The van der Waals surface area contributed by atoms with E-state index in [4.69, 9.17) is 16.9 Å². The molecule has 1 heterocycles. The van der Waals surface area contributed by atoms with Gasteiger partial charge in [0.15, 0.2) is 0 Å². The predicted molar refractivity (Wildman–Crippen MR) is 95.9 cm³/mol. The van der Waals surface area contributed by atoms with Crippen LogP contribution in [0, 0.1) is 11.3 Å². The lowest BCUT2D eigenvalue weighted by atomic mass is 10.2. The largest absolute Gasteiger partial charge is 0.339 e. The van der Waals surface area contributed by atoms with E-state index < -0.39 is 0 Å². The number of anilines is 3. The van der Waals surface area contributed by atoms with Crippen LogP contribution in [0.25, 0.3) is 0 Å². The number of halogens is 1. The fourth-order valence-electron chi connectivity index (χ4n) is 2.14. The first kappa shape index (κ1) is 16.4. The van der Waals surface area contributed by atoms with Gasteiger partial charge in [-0.25, -0.2) is 9.97 Å². The van der Waals surface area contributed by atoms with Gasteiger partial charge in [-0.15, -0.1) is 0 Å². The Hall–Kier alpha value is -3.43. The smallest absolute Gasteiger partial charge is 0.274 e. The maximum atomic E-state index is 12.3. The number of nitrogens with zero attached hydrogens (tertiary/aromatic N) is 3. The van der Waals surface area contributed by atoms with Crippen molar-refractivity contribution >= 4 is 34.7 Å². The fraction of sp³-hybridized carbons (Fsp3) is 0. The molecule has 1 amide bonds. The molecule has 0 bridgehead atoms. The normalized spacial score (nSPS) is 9.92. The molecule has 0 aliphatic rings. The first-order valence-corrected chi connectivity index (χ1v) is 7.68. The van der Waals surface area contributed by atoms with Crippen molar-refractivity contribution in [3.05, 3.63) is 77.2 Å². The Bertz CT molecular complexity index is 967. The summed E-state index contributed by atoms with van der Waals surface area (Å²) in [6, 6.07) is 17.5. The van der Waals surface area contributed by atoms with E-state index in [1.54, 1.807) is 48.5 Å². The third-order valence-corrected chi connectivity index (χ3v) is 3.53. The Morgan fingerprint density at radius 3 is 2.72 bits per heavy atom. The van der Waals surface area contributed by atoms with Crippen molar-refractivity contribution in [1.82, 2.24) is 9.97 Å². The van der Waals surface area contributed by atoms with E-state index in [9.17, 15) is 4.79 Å². The molecule has 0 saturated carbocycles. The van der Waals surface area contributed by atoms with Gasteiger partial charge in [0, 0.05) is 16.8 Å². The summed E-state index contributed by atoms with van der Waals surface area (Å²) in [5, 5.41) is 15.4.